The van der Waals surface area contributed by atoms with Crippen LogP contribution >= 0.6 is 11.8 Å². The molecule has 1 aliphatic rings. The van der Waals surface area contributed by atoms with Gasteiger partial charge in [-0.25, -0.2) is 0 Å². The first-order valence-electron chi connectivity index (χ1n) is 9.23. The Balaban J connectivity index is 1.90. The molecule has 0 aromatic heterocycles. The molecule has 0 saturated heterocycles. The van der Waals surface area contributed by atoms with Crippen LogP contribution in [0.15, 0.2) is 52.3 Å². The largest absolute Gasteiger partial charge is 0.497 e. The fraction of sp³-hybridized carbons (Fsp3) is 0.368. The molecule has 3 rings (SSSR count). The smallest absolute Gasteiger partial charge is 0.121 e. The molecule has 2 aromatic carbocycles. The Labute approximate surface area is 147 Å². The van der Waals surface area contributed by atoms with Crippen molar-refractivity contribution in [2.45, 2.75) is 16.7 Å². The fourth-order valence-corrected chi connectivity index (χ4v) is 4.05. The second-order valence-corrected chi connectivity index (χ2v) is 7.08. The fourth-order valence-electron chi connectivity index (χ4n) is 2.97. The van der Waals surface area contributed by atoms with Crippen molar-refractivity contribution in [1.82, 2.24) is 4.90 Å². The van der Waals surface area contributed by atoms with Crippen LogP contribution in [0.5, 0.6) is 5.75 Å². The van der Waals surface area contributed by atoms with Crippen LogP contribution in [0.3, 0.4) is 0 Å². The van der Waals surface area contributed by atoms with Crippen molar-refractivity contribution in [3.63, 3.8) is 0 Å². The summed E-state index contributed by atoms with van der Waals surface area (Å²) in [7, 11) is 3.32. The first kappa shape index (κ1) is 12.7. The predicted molar refractivity (Wildman–Crippen MR) is 98.3 cm³/mol. The summed E-state index contributed by atoms with van der Waals surface area (Å²) in [6, 6.07) is 14.4. The van der Waals surface area contributed by atoms with Gasteiger partial charge in [0, 0.05) is 33.1 Å². The maximum absolute atomic E-state index is 7.56. The van der Waals surface area contributed by atoms with E-state index in [1.165, 1.54) is 14.7 Å². The third kappa shape index (κ3) is 3.48. The van der Waals surface area contributed by atoms with E-state index in [-0.39, 0.29) is 5.92 Å². The Bertz CT molecular complexity index is 782. The van der Waals surface area contributed by atoms with Gasteiger partial charge in [-0.1, -0.05) is 30.8 Å². The highest BCUT2D eigenvalue weighted by Gasteiger charge is 2.25. The van der Waals surface area contributed by atoms with E-state index >= 15 is 0 Å². The van der Waals surface area contributed by atoms with E-state index in [9.17, 15) is 0 Å². The van der Waals surface area contributed by atoms with Crippen molar-refractivity contribution in [3.8, 4) is 5.75 Å². The topological polar surface area (TPSA) is 15.7 Å². The number of hydrogen-bond acceptors (Lipinski definition) is 4. The van der Waals surface area contributed by atoms with E-state index in [0.29, 0.717) is 6.54 Å². The molecule has 1 atom stereocenters. The van der Waals surface area contributed by atoms with Crippen LogP contribution in [-0.4, -0.2) is 39.1 Å². The molecule has 4 heteroatoms. The van der Waals surface area contributed by atoms with Crippen molar-refractivity contribution in [1.29, 1.82) is 0 Å². The number of benzene rings is 2. The lowest BCUT2D eigenvalue weighted by molar-refractivity contribution is 0.342. The number of ether oxygens (including phenoxy) is 1. The number of nitrogens with zero attached hydrogens (tertiary/aromatic N) is 2. The van der Waals surface area contributed by atoms with Crippen LogP contribution in [0.2, 0.25) is 0 Å². The highest BCUT2D eigenvalue weighted by Crippen LogP contribution is 2.49. The van der Waals surface area contributed by atoms with Gasteiger partial charge in [0.25, 0.3) is 0 Å². The minimum absolute atomic E-state index is 0.177. The molecule has 0 spiro atoms. The van der Waals surface area contributed by atoms with Crippen molar-refractivity contribution < 1.29 is 8.85 Å². The third-order valence-corrected chi connectivity index (χ3v) is 5.04. The molecule has 0 fully saturated rings. The average Bonchev–Trinajstić information content (AvgIpc) is 2.60. The number of methoxy groups -OCH3 is 1. The Kier molecular flexibility index (Phi) is 3.79. The first-order chi connectivity index (χ1) is 12.3. The highest BCUT2D eigenvalue weighted by molar-refractivity contribution is 7.99. The van der Waals surface area contributed by atoms with E-state index < -0.39 is 6.98 Å². The zero-order valence-corrected chi connectivity index (χ0v) is 14.6. The first-order valence-corrected chi connectivity index (χ1v) is 8.55. The van der Waals surface area contributed by atoms with Gasteiger partial charge < -0.3 is 14.5 Å². The molecular weight excluding hydrogens is 304 g/mol. The second-order valence-electron chi connectivity index (χ2n) is 6.00. The molecule has 0 N–H and O–H groups in total. The molecule has 0 unspecified atom stereocenters. The molecule has 0 amide bonds. The number of anilines is 2. The Hall–Kier alpha value is -1.65. The number of rotatable bonds is 5. The standard InChI is InChI=1S/C19H24N2OS/c1-14(12-20(2)3)13-21-16-7-5-6-8-18(16)23-19-10-9-15(22-4)11-17(19)21/h5-11,14H,12-13H2,1-4H3/t14-/m1/s1/i2D3. The normalized spacial score (nSPS) is 16.9. The summed E-state index contributed by atoms with van der Waals surface area (Å²) in [6.45, 7) is 1.26. The molecule has 2 aromatic rings. The van der Waals surface area contributed by atoms with Crippen molar-refractivity contribution in [2.75, 3.05) is 39.1 Å². The monoisotopic (exact) mass is 331 g/mol. The van der Waals surface area contributed by atoms with E-state index in [2.05, 4.69) is 36.1 Å². The highest BCUT2D eigenvalue weighted by atomic mass is 32.2. The lowest BCUT2D eigenvalue weighted by atomic mass is 10.1. The molecule has 23 heavy (non-hydrogen) atoms. The maximum atomic E-state index is 7.56. The molecule has 1 heterocycles. The minimum Gasteiger partial charge on any atom is -0.497 e. The van der Waals surface area contributed by atoms with Crippen molar-refractivity contribution >= 4 is 23.1 Å². The minimum atomic E-state index is -2.06. The molecular formula is C19H24N2OS. The summed E-state index contributed by atoms with van der Waals surface area (Å²) in [6.07, 6.45) is 0. The molecule has 0 saturated carbocycles. The van der Waals surface area contributed by atoms with Gasteiger partial charge in [-0.05, 0) is 44.2 Å². The van der Waals surface area contributed by atoms with E-state index in [1.54, 1.807) is 25.9 Å². The lowest BCUT2D eigenvalue weighted by Crippen LogP contribution is -2.31. The van der Waals surface area contributed by atoms with Gasteiger partial charge in [-0.15, -0.1) is 0 Å². The van der Waals surface area contributed by atoms with Crippen LogP contribution in [-0.2, 0) is 0 Å². The summed E-state index contributed by atoms with van der Waals surface area (Å²) >= 11 is 1.75. The molecule has 1 aliphatic heterocycles. The van der Waals surface area contributed by atoms with Gasteiger partial charge >= 0.3 is 0 Å². The second kappa shape index (κ2) is 6.85. The summed E-state index contributed by atoms with van der Waals surface area (Å²) < 4.78 is 28.1. The van der Waals surface area contributed by atoms with Gasteiger partial charge in [0.15, 0.2) is 0 Å². The van der Waals surface area contributed by atoms with Crippen molar-refractivity contribution in [2.24, 2.45) is 5.92 Å². The van der Waals surface area contributed by atoms with Crippen LogP contribution in [0, 0.1) is 5.92 Å². The number of fused-ring (bicyclic) bond motifs is 2. The van der Waals surface area contributed by atoms with E-state index in [4.69, 9.17) is 8.85 Å². The summed E-state index contributed by atoms with van der Waals surface area (Å²) in [5.41, 5.74) is 2.26. The van der Waals surface area contributed by atoms with Gasteiger partial charge in [0.05, 0.1) is 18.5 Å². The van der Waals surface area contributed by atoms with Gasteiger partial charge in [0.2, 0.25) is 0 Å². The van der Waals surface area contributed by atoms with Gasteiger partial charge in [-0.2, -0.15) is 0 Å². The van der Waals surface area contributed by atoms with Crippen LogP contribution in [0.25, 0.3) is 0 Å². The molecule has 0 radical (unpaired) electrons. The quantitative estimate of drug-likeness (QED) is 0.801. The van der Waals surface area contributed by atoms with E-state index in [0.717, 1.165) is 23.7 Å². The zero-order valence-electron chi connectivity index (χ0n) is 16.7. The maximum Gasteiger partial charge on any atom is 0.121 e. The summed E-state index contributed by atoms with van der Waals surface area (Å²) in [5.74, 6) is 0.997. The number of hydrogen-bond donors (Lipinski definition) is 0. The summed E-state index contributed by atoms with van der Waals surface area (Å²) in [4.78, 5) is 6.11. The molecule has 0 bridgehead atoms. The predicted octanol–water partition coefficient (Wildman–Crippen LogP) is 4.50. The van der Waals surface area contributed by atoms with Gasteiger partial charge in [-0.3, -0.25) is 0 Å². The SMILES string of the molecule is [2H]C([2H])([2H])N(C)C[C@@H](C)CN1c2ccccc2Sc2ccc(OC)cc21. The summed E-state index contributed by atoms with van der Waals surface area (Å²) in [5, 5.41) is 0. The zero-order chi connectivity index (χ0) is 18.9. The molecule has 0 aliphatic carbocycles. The molecule has 3 nitrogen and oxygen atoms in total. The Morgan fingerprint density at radius 3 is 2.78 bits per heavy atom. The van der Waals surface area contributed by atoms with Crippen LogP contribution < -0.4 is 9.64 Å². The van der Waals surface area contributed by atoms with Crippen LogP contribution in [0.4, 0.5) is 11.4 Å². The van der Waals surface area contributed by atoms with Crippen LogP contribution in [0.1, 0.15) is 11.0 Å². The Morgan fingerprint density at radius 1 is 1.22 bits per heavy atom. The Morgan fingerprint density at radius 2 is 2.00 bits per heavy atom. The lowest BCUT2D eigenvalue weighted by Gasteiger charge is -2.35. The third-order valence-electron chi connectivity index (χ3n) is 3.91. The van der Waals surface area contributed by atoms with E-state index in [1.807, 2.05) is 18.2 Å². The molecule has 122 valence electrons. The van der Waals surface area contributed by atoms with Crippen molar-refractivity contribution in [3.05, 3.63) is 42.5 Å². The number of para-hydroxylation sites is 1. The average molecular weight is 331 g/mol. The van der Waals surface area contributed by atoms with Gasteiger partial charge in [0.1, 0.15) is 5.75 Å².